The van der Waals surface area contributed by atoms with Crippen LogP contribution in [-0.4, -0.2) is 11.5 Å². The highest BCUT2D eigenvalue weighted by Crippen LogP contribution is 2.13. The SMILES string of the molecule is Brc1ccc(CCNCc2cccnc2)o1. The number of halogens is 1. The first kappa shape index (κ1) is 11.4. The summed E-state index contributed by atoms with van der Waals surface area (Å²) in [5.74, 6) is 0.991. The van der Waals surface area contributed by atoms with E-state index < -0.39 is 0 Å². The minimum Gasteiger partial charge on any atom is -0.454 e. The van der Waals surface area contributed by atoms with Crippen LogP contribution in [-0.2, 0) is 13.0 Å². The molecular formula is C12H13BrN2O. The van der Waals surface area contributed by atoms with Gasteiger partial charge in [-0.05, 0) is 39.7 Å². The van der Waals surface area contributed by atoms with Crippen molar-refractivity contribution in [2.45, 2.75) is 13.0 Å². The van der Waals surface area contributed by atoms with Crippen LogP contribution in [0.3, 0.4) is 0 Å². The molecule has 2 aromatic heterocycles. The van der Waals surface area contributed by atoms with Gasteiger partial charge in [0.15, 0.2) is 4.67 Å². The van der Waals surface area contributed by atoms with Gasteiger partial charge >= 0.3 is 0 Å². The maximum atomic E-state index is 5.40. The van der Waals surface area contributed by atoms with Crippen molar-refractivity contribution in [2.75, 3.05) is 6.54 Å². The Morgan fingerprint density at radius 3 is 2.94 bits per heavy atom. The van der Waals surface area contributed by atoms with E-state index in [0.717, 1.165) is 29.9 Å². The molecule has 84 valence electrons. The lowest BCUT2D eigenvalue weighted by molar-refractivity contribution is 0.479. The molecule has 0 bridgehead atoms. The number of hydrogen-bond donors (Lipinski definition) is 1. The Labute approximate surface area is 103 Å². The van der Waals surface area contributed by atoms with Crippen molar-refractivity contribution in [3.05, 3.63) is 52.7 Å². The van der Waals surface area contributed by atoms with Crippen molar-refractivity contribution < 1.29 is 4.42 Å². The lowest BCUT2D eigenvalue weighted by Gasteiger charge is -2.02. The quantitative estimate of drug-likeness (QED) is 0.856. The predicted molar refractivity (Wildman–Crippen MR) is 66.1 cm³/mol. The maximum absolute atomic E-state index is 5.40. The molecule has 1 N–H and O–H groups in total. The smallest absolute Gasteiger partial charge is 0.169 e. The van der Waals surface area contributed by atoms with Gasteiger partial charge in [-0.15, -0.1) is 0 Å². The van der Waals surface area contributed by atoms with E-state index in [1.165, 1.54) is 5.56 Å². The summed E-state index contributed by atoms with van der Waals surface area (Å²) in [4.78, 5) is 4.06. The standard InChI is InChI=1S/C12H13BrN2O/c13-12-4-3-11(16-12)5-7-15-9-10-2-1-6-14-8-10/h1-4,6,8,15H,5,7,9H2. The first-order valence-electron chi connectivity index (χ1n) is 5.18. The van der Waals surface area contributed by atoms with Crippen molar-refractivity contribution in [2.24, 2.45) is 0 Å². The van der Waals surface area contributed by atoms with Crippen LogP contribution in [0.2, 0.25) is 0 Å². The Hall–Kier alpha value is -1.13. The first-order valence-corrected chi connectivity index (χ1v) is 5.98. The van der Waals surface area contributed by atoms with Gasteiger partial charge in [-0.3, -0.25) is 4.98 Å². The zero-order valence-corrected chi connectivity index (χ0v) is 10.4. The summed E-state index contributed by atoms with van der Waals surface area (Å²) < 4.78 is 6.19. The van der Waals surface area contributed by atoms with Gasteiger partial charge in [0.2, 0.25) is 0 Å². The molecule has 2 aromatic rings. The lowest BCUT2D eigenvalue weighted by Crippen LogP contribution is -2.16. The van der Waals surface area contributed by atoms with Crippen molar-refractivity contribution in [3.63, 3.8) is 0 Å². The van der Waals surface area contributed by atoms with Gasteiger partial charge in [-0.25, -0.2) is 0 Å². The molecule has 0 saturated carbocycles. The van der Waals surface area contributed by atoms with E-state index in [9.17, 15) is 0 Å². The third-order valence-corrected chi connectivity index (χ3v) is 2.66. The van der Waals surface area contributed by atoms with Gasteiger partial charge in [-0.2, -0.15) is 0 Å². The second kappa shape index (κ2) is 5.82. The minimum atomic E-state index is 0.787. The number of hydrogen-bond acceptors (Lipinski definition) is 3. The fraction of sp³-hybridized carbons (Fsp3) is 0.250. The number of rotatable bonds is 5. The highest BCUT2D eigenvalue weighted by molar-refractivity contribution is 9.10. The third-order valence-electron chi connectivity index (χ3n) is 2.23. The monoisotopic (exact) mass is 280 g/mol. The van der Waals surface area contributed by atoms with E-state index in [-0.39, 0.29) is 0 Å². The van der Waals surface area contributed by atoms with Gasteiger partial charge in [0.05, 0.1) is 0 Å². The predicted octanol–water partition coefficient (Wildman–Crippen LogP) is 2.77. The summed E-state index contributed by atoms with van der Waals surface area (Å²) in [6, 6.07) is 7.90. The fourth-order valence-electron chi connectivity index (χ4n) is 1.43. The Bertz CT molecular complexity index is 428. The molecule has 0 fully saturated rings. The molecule has 2 heterocycles. The van der Waals surface area contributed by atoms with Crippen molar-refractivity contribution in [1.29, 1.82) is 0 Å². The average molecular weight is 281 g/mol. The number of pyridine rings is 1. The second-order valence-corrected chi connectivity index (χ2v) is 4.28. The first-order chi connectivity index (χ1) is 7.84. The van der Waals surface area contributed by atoms with E-state index in [0.29, 0.717) is 0 Å². The van der Waals surface area contributed by atoms with Crippen LogP contribution in [0.25, 0.3) is 0 Å². The van der Waals surface area contributed by atoms with E-state index in [1.54, 1.807) is 6.20 Å². The molecule has 16 heavy (non-hydrogen) atoms. The molecular weight excluding hydrogens is 268 g/mol. The van der Waals surface area contributed by atoms with Crippen LogP contribution in [0.1, 0.15) is 11.3 Å². The zero-order valence-electron chi connectivity index (χ0n) is 8.82. The molecule has 0 saturated heterocycles. The summed E-state index contributed by atoms with van der Waals surface area (Å²) in [5, 5.41) is 3.34. The summed E-state index contributed by atoms with van der Waals surface area (Å²) in [7, 11) is 0. The molecule has 0 unspecified atom stereocenters. The molecule has 0 radical (unpaired) electrons. The molecule has 2 rings (SSSR count). The van der Waals surface area contributed by atoms with Gasteiger partial charge in [-0.1, -0.05) is 6.07 Å². The molecule has 4 heteroatoms. The third kappa shape index (κ3) is 3.47. The van der Waals surface area contributed by atoms with Crippen molar-refractivity contribution in [3.8, 4) is 0 Å². The molecule has 0 spiro atoms. The molecule has 3 nitrogen and oxygen atoms in total. The van der Waals surface area contributed by atoms with E-state index in [4.69, 9.17) is 4.42 Å². The largest absolute Gasteiger partial charge is 0.454 e. The van der Waals surface area contributed by atoms with Crippen LogP contribution in [0.15, 0.2) is 45.7 Å². The van der Waals surface area contributed by atoms with E-state index in [1.807, 2.05) is 24.4 Å². The van der Waals surface area contributed by atoms with Gasteiger partial charge in [0.25, 0.3) is 0 Å². The zero-order chi connectivity index (χ0) is 11.2. The normalized spacial score (nSPS) is 10.6. The number of nitrogens with one attached hydrogen (secondary N) is 1. The summed E-state index contributed by atoms with van der Waals surface area (Å²) in [6.07, 6.45) is 4.55. The number of furan rings is 1. The Morgan fingerprint density at radius 2 is 2.25 bits per heavy atom. The number of nitrogens with zero attached hydrogens (tertiary/aromatic N) is 1. The van der Waals surface area contributed by atoms with Gasteiger partial charge < -0.3 is 9.73 Å². The van der Waals surface area contributed by atoms with E-state index in [2.05, 4.69) is 32.3 Å². The van der Waals surface area contributed by atoms with Crippen LogP contribution in [0.5, 0.6) is 0 Å². The minimum absolute atomic E-state index is 0.787. The molecule has 0 aromatic carbocycles. The second-order valence-electron chi connectivity index (χ2n) is 3.49. The van der Waals surface area contributed by atoms with Gasteiger partial charge in [0.1, 0.15) is 5.76 Å². The number of aromatic nitrogens is 1. The van der Waals surface area contributed by atoms with Crippen molar-refractivity contribution in [1.82, 2.24) is 10.3 Å². The Kier molecular flexibility index (Phi) is 4.13. The topological polar surface area (TPSA) is 38.1 Å². The fourth-order valence-corrected chi connectivity index (χ4v) is 1.77. The molecule has 0 amide bonds. The summed E-state index contributed by atoms with van der Waals surface area (Å²) in [5.41, 5.74) is 1.20. The highest BCUT2D eigenvalue weighted by Gasteiger charge is 1.98. The molecule has 0 aliphatic heterocycles. The van der Waals surface area contributed by atoms with Gasteiger partial charge in [0, 0.05) is 31.9 Å². The molecule has 0 aliphatic carbocycles. The Morgan fingerprint density at radius 1 is 1.31 bits per heavy atom. The summed E-state index contributed by atoms with van der Waals surface area (Å²) >= 11 is 3.28. The maximum Gasteiger partial charge on any atom is 0.169 e. The highest BCUT2D eigenvalue weighted by atomic mass is 79.9. The Balaban J connectivity index is 1.69. The average Bonchev–Trinajstić information content (AvgIpc) is 2.72. The van der Waals surface area contributed by atoms with Crippen molar-refractivity contribution >= 4 is 15.9 Å². The molecule has 0 aliphatic rings. The van der Waals surface area contributed by atoms with Crippen LogP contribution < -0.4 is 5.32 Å². The van der Waals surface area contributed by atoms with Crippen LogP contribution in [0, 0.1) is 0 Å². The van der Waals surface area contributed by atoms with Crippen LogP contribution in [0.4, 0.5) is 0 Å². The lowest BCUT2D eigenvalue weighted by atomic mass is 10.3. The molecule has 0 atom stereocenters. The van der Waals surface area contributed by atoms with Crippen LogP contribution >= 0.6 is 15.9 Å². The van der Waals surface area contributed by atoms with E-state index >= 15 is 0 Å². The summed E-state index contributed by atoms with van der Waals surface area (Å²) in [6.45, 7) is 1.74.